The van der Waals surface area contributed by atoms with Gasteiger partial charge < -0.3 is 5.11 Å². The summed E-state index contributed by atoms with van der Waals surface area (Å²) in [5.41, 5.74) is 0.452. The molecule has 0 aliphatic heterocycles. The van der Waals surface area contributed by atoms with Crippen LogP contribution in [0.3, 0.4) is 0 Å². The monoisotopic (exact) mass is 290 g/mol. The number of hydrogen-bond acceptors (Lipinski definition) is 2. The predicted octanol–water partition coefficient (Wildman–Crippen LogP) is 3.96. The summed E-state index contributed by atoms with van der Waals surface area (Å²) >= 11 is 0. The van der Waals surface area contributed by atoms with Crippen molar-refractivity contribution in [2.75, 3.05) is 0 Å². The molecule has 0 aromatic rings. The van der Waals surface area contributed by atoms with Crippen LogP contribution in [-0.2, 0) is 4.79 Å². The number of aliphatic hydroxyl groups is 1. The fourth-order valence-corrected chi connectivity index (χ4v) is 6.84. The third kappa shape index (κ3) is 1.90. The Kier molecular flexibility index (Phi) is 3.10. The highest BCUT2D eigenvalue weighted by molar-refractivity contribution is 5.87. The summed E-state index contributed by atoms with van der Waals surface area (Å²) in [4.78, 5) is 12.4. The van der Waals surface area contributed by atoms with Crippen LogP contribution in [0.5, 0.6) is 0 Å². The highest BCUT2D eigenvalue weighted by atomic mass is 16.3. The van der Waals surface area contributed by atoms with Crippen molar-refractivity contribution in [2.45, 2.75) is 77.7 Å². The van der Waals surface area contributed by atoms with Crippen LogP contribution in [0.1, 0.15) is 71.6 Å². The van der Waals surface area contributed by atoms with Gasteiger partial charge in [-0.25, -0.2) is 0 Å². The van der Waals surface area contributed by atoms with E-state index in [2.05, 4.69) is 13.8 Å². The Labute approximate surface area is 128 Å². The predicted molar refractivity (Wildman–Crippen MR) is 82.7 cm³/mol. The van der Waals surface area contributed by atoms with Crippen LogP contribution in [-0.4, -0.2) is 17.0 Å². The molecule has 21 heavy (non-hydrogen) atoms. The minimum Gasteiger partial charge on any atom is -0.393 e. The second-order valence-electron chi connectivity index (χ2n) is 9.09. The first-order chi connectivity index (χ1) is 9.93. The molecule has 2 nitrogen and oxygen atoms in total. The first-order valence-corrected chi connectivity index (χ1v) is 9.15. The lowest BCUT2D eigenvalue weighted by atomic mass is 9.46. The van der Waals surface area contributed by atoms with Crippen molar-refractivity contribution in [1.29, 1.82) is 0 Å². The Morgan fingerprint density at radius 1 is 1.05 bits per heavy atom. The van der Waals surface area contributed by atoms with Gasteiger partial charge >= 0.3 is 0 Å². The molecule has 4 aliphatic carbocycles. The van der Waals surface area contributed by atoms with Gasteiger partial charge in [0, 0.05) is 11.8 Å². The average molecular weight is 290 g/mol. The van der Waals surface area contributed by atoms with Crippen LogP contribution in [0.25, 0.3) is 0 Å². The van der Waals surface area contributed by atoms with E-state index in [-0.39, 0.29) is 11.5 Å². The highest BCUT2D eigenvalue weighted by Crippen LogP contribution is 2.64. The van der Waals surface area contributed by atoms with Gasteiger partial charge in [0.15, 0.2) is 0 Å². The van der Waals surface area contributed by atoms with Crippen molar-refractivity contribution < 1.29 is 9.90 Å². The Hall–Kier alpha value is -0.370. The molecule has 2 heteroatoms. The zero-order valence-electron chi connectivity index (χ0n) is 13.6. The fourth-order valence-electron chi connectivity index (χ4n) is 6.84. The van der Waals surface area contributed by atoms with Crippen molar-refractivity contribution in [3.8, 4) is 0 Å². The molecule has 0 spiro atoms. The lowest BCUT2D eigenvalue weighted by molar-refractivity contribution is -0.140. The largest absolute Gasteiger partial charge is 0.393 e. The number of ketones is 1. The topological polar surface area (TPSA) is 37.3 Å². The summed E-state index contributed by atoms with van der Waals surface area (Å²) in [6.45, 7) is 4.78. The van der Waals surface area contributed by atoms with Crippen LogP contribution >= 0.6 is 0 Å². The van der Waals surface area contributed by atoms with E-state index in [1.165, 1.54) is 25.7 Å². The molecule has 0 saturated heterocycles. The summed E-state index contributed by atoms with van der Waals surface area (Å²) in [5, 5.41) is 10.0. The zero-order valence-corrected chi connectivity index (χ0v) is 13.6. The maximum atomic E-state index is 12.4. The van der Waals surface area contributed by atoms with E-state index in [0.717, 1.165) is 49.9 Å². The molecule has 4 fully saturated rings. The number of carbonyl (C=O) groups excluding carboxylic acids is 1. The highest BCUT2D eigenvalue weighted by Gasteiger charge is 2.58. The zero-order chi connectivity index (χ0) is 14.8. The molecule has 4 aliphatic rings. The third-order valence-electron chi connectivity index (χ3n) is 8.29. The molecule has 118 valence electrons. The molecule has 1 N–H and O–H groups in total. The molecule has 7 atom stereocenters. The molecule has 0 aromatic carbocycles. The Bertz CT molecular complexity index is 458. The van der Waals surface area contributed by atoms with Crippen LogP contribution in [0.4, 0.5) is 0 Å². The lowest BCUT2D eigenvalue weighted by Crippen LogP contribution is -2.53. The maximum absolute atomic E-state index is 12.4. The van der Waals surface area contributed by atoms with Gasteiger partial charge in [-0.2, -0.15) is 0 Å². The van der Waals surface area contributed by atoms with Gasteiger partial charge in [0.2, 0.25) is 0 Å². The molecule has 0 aromatic heterocycles. The molecule has 0 radical (unpaired) electrons. The Balaban J connectivity index is 1.62. The minimum absolute atomic E-state index is 0.0124. The first kappa shape index (κ1) is 14.2. The molecule has 4 rings (SSSR count). The molecule has 0 heterocycles. The third-order valence-corrected chi connectivity index (χ3v) is 8.29. The van der Waals surface area contributed by atoms with Crippen molar-refractivity contribution >= 4 is 5.78 Å². The number of aliphatic hydroxyl groups excluding tert-OH is 1. The van der Waals surface area contributed by atoms with Crippen molar-refractivity contribution in [3.63, 3.8) is 0 Å². The van der Waals surface area contributed by atoms with E-state index in [4.69, 9.17) is 0 Å². The molecule has 0 bridgehead atoms. The molecule has 4 saturated carbocycles. The Morgan fingerprint density at radius 2 is 1.86 bits per heavy atom. The quantitative estimate of drug-likeness (QED) is 0.733. The normalized spacial score (nSPS) is 56.5. The van der Waals surface area contributed by atoms with Gasteiger partial charge in [-0.05, 0) is 80.5 Å². The fraction of sp³-hybridized carbons (Fsp3) is 0.947. The summed E-state index contributed by atoms with van der Waals surface area (Å²) in [7, 11) is 0. The minimum atomic E-state index is -0.0541. The van der Waals surface area contributed by atoms with Crippen LogP contribution in [0.15, 0.2) is 0 Å². The molecule has 0 amide bonds. The molecule has 1 unspecified atom stereocenters. The van der Waals surface area contributed by atoms with Crippen LogP contribution < -0.4 is 0 Å². The number of Topliss-reactive ketones (excluding diaryl/α,β-unsaturated/α-hetero) is 1. The lowest BCUT2D eigenvalue weighted by Gasteiger charge is -2.59. The summed E-state index contributed by atoms with van der Waals surface area (Å²) in [6, 6.07) is 0. The summed E-state index contributed by atoms with van der Waals surface area (Å²) in [5.74, 6) is 3.51. The van der Waals surface area contributed by atoms with Gasteiger partial charge in [0.1, 0.15) is 5.78 Å². The smallest absolute Gasteiger partial charge is 0.139 e. The summed E-state index contributed by atoms with van der Waals surface area (Å²) < 4.78 is 0. The van der Waals surface area contributed by atoms with E-state index < -0.39 is 0 Å². The standard InChI is InChI=1S/C19H30O2/c1-18-8-7-15(20)9-13(18)4-3-12-11-19(2)14(10-16(12)18)5-6-17(19)21/h12-16,20H,3-11H2,1-2H3/t12-,13+,14?,15+,16-,18-,19+/m1/s1. The van der Waals surface area contributed by atoms with Gasteiger partial charge in [0.05, 0.1) is 6.10 Å². The Morgan fingerprint density at radius 3 is 2.67 bits per heavy atom. The molecular formula is C19H30O2. The van der Waals surface area contributed by atoms with Gasteiger partial charge in [-0.15, -0.1) is 0 Å². The van der Waals surface area contributed by atoms with E-state index >= 15 is 0 Å². The SMILES string of the molecule is C[C@@]12CC[C@H](O)C[C@@H]1CC[C@@H]1C[C@]3(C)C(=O)CCC3C[C@H]12. The maximum Gasteiger partial charge on any atom is 0.139 e. The second kappa shape index (κ2) is 4.57. The van der Waals surface area contributed by atoms with E-state index in [9.17, 15) is 9.90 Å². The number of fused-ring (bicyclic) bond motifs is 4. The first-order valence-electron chi connectivity index (χ1n) is 9.15. The molecular weight excluding hydrogens is 260 g/mol. The van der Waals surface area contributed by atoms with E-state index in [0.29, 0.717) is 17.1 Å². The van der Waals surface area contributed by atoms with Crippen LogP contribution in [0, 0.1) is 34.5 Å². The van der Waals surface area contributed by atoms with E-state index in [1.807, 2.05) is 0 Å². The van der Waals surface area contributed by atoms with Gasteiger partial charge in [0.25, 0.3) is 0 Å². The van der Waals surface area contributed by atoms with Gasteiger partial charge in [-0.3, -0.25) is 4.79 Å². The second-order valence-corrected chi connectivity index (χ2v) is 9.09. The van der Waals surface area contributed by atoms with Crippen molar-refractivity contribution in [1.82, 2.24) is 0 Å². The average Bonchev–Trinajstić information content (AvgIpc) is 2.74. The number of hydrogen-bond donors (Lipinski definition) is 1. The van der Waals surface area contributed by atoms with E-state index in [1.54, 1.807) is 0 Å². The van der Waals surface area contributed by atoms with Gasteiger partial charge in [-0.1, -0.05) is 13.8 Å². The van der Waals surface area contributed by atoms with Crippen LogP contribution in [0.2, 0.25) is 0 Å². The van der Waals surface area contributed by atoms with Crippen molar-refractivity contribution in [2.24, 2.45) is 34.5 Å². The summed E-state index contributed by atoms with van der Waals surface area (Å²) in [6.07, 6.45) is 10.2. The number of rotatable bonds is 0. The number of carbonyl (C=O) groups is 1. The van der Waals surface area contributed by atoms with Crippen molar-refractivity contribution in [3.05, 3.63) is 0 Å².